The summed E-state index contributed by atoms with van der Waals surface area (Å²) in [5, 5.41) is 20.8. The van der Waals surface area contributed by atoms with Crippen LogP contribution in [0.1, 0.15) is 44.3 Å². The largest absolute Gasteiger partial charge is 0.481 e. The first kappa shape index (κ1) is 11.6. The van der Waals surface area contributed by atoms with E-state index in [1.165, 1.54) is 25.7 Å². The lowest BCUT2D eigenvalue weighted by atomic mass is 9.88. The lowest BCUT2D eigenvalue weighted by Crippen LogP contribution is -2.22. The van der Waals surface area contributed by atoms with E-state index in [1.807, 2.05) is 0 Å². The Labute approximate surface area is 105 Å². The maximum atomic E-state index is 10.9. The average molecular weight is 250 g/mol. The van der Waals surface area contributed by atoms with Gasteiger partial charge in [-0.3, -0.25) is 4.79 Å². The van der Waals surface area contributed by atoms with Crippen molar-refractivity contribution in [1.82, 2.24) is 20.2 Å². The maximum Gasteiger partial charge on any atom is 0.308 e. The van der Waals surface area contributed by atoms with Crippen LogP contribution in [0.3, 0.4) is 0 Å². The molecular formula is C12H18N4O2. The van der Waals surface area contributed by atoms with Crippen LogP contribution in [0.25, 0.3) is 0 Å². The van der Waals surface area contributed by atoms with Gasteiger partial charge in [0.15, 0.2) is 5.82 Å². The molecule has 6 heteroatoms. The fourth-order valence-corrected chi connectivity index (χ4v) is 3.51. The van der Waals surface area contributed by atoms with E-state index in [-0.39, 0.29) is 0 Å². The van der Waals surface area contributed by atoms with Gasteiger partial charge in [-0.1, -0.05) is 13.3 Å². The fraction of sp³-hybridized carbons (Fsp3) is 0.833. The Kier molecular flexibility index (Phi) is 2.80. The van der Waals surface area contributed by atoms with Gasteiger partial charge in [0.2, 0.25) is 0 Å². The van der Waals surface area contributed by atoms with Gasteiger partial charge >= 0.3 is 5.97 Å². The van der Waals surface area contributed by atoms with Gasteiger partial charge in [0.25, 0.3) is 0 Å². The quantitative estimate of drug-likeness (QED) is 0.871. The standard InChI is InChI=1S/C12H18N4O2/c1-7(12(17)18)6-16-11(13-14-15-16)10-5-8-2-3-9(10)4-8/h7-10H,2-6H2,1H3,(H,17,18). The number of hydrogen-bond donors (Lipinski definition) is 1. The molecule has 18 heavy (non-hydrogen) atoms. The van der Waals surface area contributed by atoms with Crippen molar-refractivity contribution in [2.24, 2.45) is 17.8 Å². The monoisotopic (exact) mass is 250 g/mol. The van der Waals surface area contributed by atoms with Gasteiger partial charge in [0.1, 0.15) is 0 Å². The molecule has 1 aromatic heterocycles. The summed E-state index contributed by atoms with van der Waals surface area (Å²) in [5.41, 5.74) is 0. The first-order valence-electron chi connectivity index (χ1n) is 6.64. The summed E-state index contributed by atoms with van der Waals surface area (Å²) in [6, 6.07) is 0. The Bertz CT molecular complexity index is 459. The second kappa shape index (κ2) is 4.33. The minimum atomic E-state index is -0.801. The van der Waals surface area contributed by atoms with Crippen molar-refractivity contribution in [3.05, 3.63) is 5.82 Å². The number of tetrazole rings is 1. The Hall–Kier alpha value is -1.46. The number of aliphatic carboxylic acids is 1. The third kappa shape index (κ3) is 1.89. The molecule has 3 rings (SSSR count). The van der Waals surface area contributed by atoms with Crippen LogP contribution >= 0.6 is 0 Å². The molecular weight excluding hydrogens is 232 g/mol. The highest BCUT2D eigenvalue weighted by Crippen LogP contribution is 2.52. The van der Waals surface area contributed by atoms with Gasteiger partial charge in [-0.05, 0) is 41.5 Å². The Morgan fingerprint density at radius 3 is 2.94 bits per heavy atom. The van der Waals surface area contributed by atoms with Gasteiger partial charge in [-0.25, -0.2) is 4.68 Å². The van der Waals surface area contributed by atoms with E-state index in [9.17, 15) is 4.79 Å². The van der Waals surface area contributed by atoms with Crippen LogP contribution in [0.5, 0.6) is 0 Å². The number of nitrogens with zero attached hydrogens (tertiary/aromatic N) is 4. The summed E-state index contributed by atoms with van der Waals surface area (Å²) in [7, 11) is 0. The molecule has 0 aromatic carbocycles. The molecule has 2 aliphatic rings. The van der Waals surface area contributed by atoms with Crippen LogP contribution in [-0.2, 0) is 11.3 Å². The van der Waals surface area contributed by atoms with Crippen LogP contribution in [0, 0.1) is 17.8 Å². The highest BCUT2D eigenvalue weighted by molar-refractivity contribution is 5.69. The zero-order valence-electron chi connectivity index (χ0n) is 10.5. The second-order valence-electron chi connectivity index (χ2n) is 5.74. The molecule has 4 unspecified atom stereocenters. The van der Waals surface area contributed by atoms with Crippen molar-refractivity contribution in [2.75, 3.05) is 0 Å². The second-order valence-corrected chi connectivity index (χ2v) is 5.74. The third-order valence-corrected chi connectivity index (χ3v) is 4.50. The van der Waals surface area contributed by atoms with Gasteiger partial charge in [0, 0.05) is 5.92 Å². The SMILES string of the molecule is CC(Cn1nnnc1C1CC2CCC1C2)C(=O)O. The summed E-state index contributed by atoms with van der Waals surface area (Å²) in [5.74, 6) is 1.63. The Morgan fingerprint density at radius 2 is 2.33 bits per heavy atom. The summed E-state index contributed by atoms with van der Waals surface area (Å²) in [4.78, 5) is 10.9. The molecule has 2 saturated carbocycles. The first-order valence-corrected chi connectivity index (χ1v) is 6.64. The summed E-state index contributed by atoms with van der Waals surface area (Å²) < 4.78 is 1.70. The molecule has 1 N–H and O–H groups in total. The lowest BCUT2D eigenvalue weighted by Gasteiger charge is -2.20. The predicted molar refractivity (Wildman–Crippen MR) is 62.8 cm³/mol. The van der Waals surface area contributed by atoms with E-state index in [2.05, 4.69) is 15.5 Å². The molecule has 2 aliphatic carbocycles. The fourth-order valence-electron chi connectivity index (χ4n) is 3.51. The molecule has 0 spiro atoms. The number of fused-ring (bicyclic) bond motifs is 2. The molecule has 4 atom stereocenters. The van der Waals surface area contributed by atoms with E-state index in [4.69, 9.17) is 5.11 Å². The molecule has 6 nitrogen and oxygen atoms in total. The van der Waals surface area contributed by atoms with Crippen molar-refractivity contribution in [3.8, 4) is 0 Å². The van der Waals surface area contributed by atoms with E-state index < -0.39 is 11.9 Å². The van der Waals surface area contributed by atoms with Crippen molar-refractivity contribution >= 4 is 5.97 Å². The summed E-state index contributed by atoms with van der Waals surface area (Å²) >= 11 is 0. The molecule has 1 heterocycles. The topological polar surface area (TPSA) is 80.9 Å². The van der Waals surface area contributed by atoms with E-state index in [1.54, 1.807) is 11.6 Å². The smallest absolute Gasteiger partial charge is 0.308 e. The first-order chi connectivity index (χ1) is 8.65. The van der Waals surface area contributed by atoms with Crippen LogP contribution < -0.4 is 0 Å². The van der Waals surface area contributed by atoms with Gasteiger partial charge < -0.3 is 5.11 Å². The lowest BCUT2D eigenvalue weighted by molar-refractivity contribution is -0.141. The zero-order chi connectivity index (χ0) is 12.7. The zero-order valence-corrected chi connectivity index (χ0v) is 10.5. The molecule has 2 fully saturated rings. The normalized spacial score (nSPS) is 31.7. The van der Waals surface area contributed by atoms with Crippen LogP contribution in [0.2, 0.25) is 0 Å². The van der Waals surface area contributed by atoms with Crippen LogP contribution in [0.15, 0.2) is 0 Å². The summed E-state index contributed by atoms with van der Waals surface area (Å²) in [6.07, 6.45) is 5.09. The third-order valence-electron chi connectivity index (χ3n) is 4.50. The van der Waals surface area contributed by atoms with E-state index >= 15 is 0 Å². The van der Waals surface area contributed by atoms with Gasteiger partial charge in [-0.2, -0.15) is 0 Å². The van der Waals surface area contributed by atoms with E-state index in [0.717, 1.165) is 11.7 Å². The van der Waals surface area contributed by atoms with Crippen molar-refractivity contribution in [1.29, 1.82) is 0 Å². The number of carboxylic acid groups (broad SMARTS) is 1. The number of aromatic nitrogens is 4. The molecule has 0 amide bonds. The number of carbonyl (C=O) groups is 1. The predicted octanol–water partition coefficient (Wildman–Crippen LogP) is 1.30. The highest BCUT2D eigenvalue weighted by atomic mass is 16.4. The minimum absolute atomic E-state index is 0.367. The average Bonchev–Trinajstić information content (AvgIpc) is 3.02. The summed E-state index contributed by atoms with van der Waals surface area (Å²) in [6.45, 7) is 2.06. The van der Waals surface area contributed by atoms with E-state index in [0.29, 0.717) is 18.4 Å². The molecule has 0 saturated heterocycles. The van der Waals surface area contributed by atoms with Crippen molar-refractivity contribution < 1.29 is 9.90 Å². The Morgan fingerprint density at radius 1 is 1.50 bits per heavy atom. The number of carboxylic acids is 1. The van der Waals surface area contributed by atoms with Gasteiger partial charge in [0.05, 0.1) is 12.5 Å². The molecule has 0 radical (unpaired) electrons. The van der Waals surface area contributed by atoms with Crippen molar-refractivity contribution in [3.63, 3.8) is 0 Å². The molecule has 1 aromatic rings. The highest BCUT2D eigenvalue weighted by Gasteiger charge is 2.42. The molecule has 98 valence electrons. The van der Waals surface area contributed by atoms with Crippen molar-refractivity contribution in [2.45, 2.75) is 45.1 Å². The molecule has 2 bridgehead atoms. The van der Waals surface area contributed by atoms with Gasteiger partial charge in [-0.15, -0.1) is 5.10 Å². The van der Waals surface area contributed by atoms with Crippen LogP contribution in [-0.4, -0.2) is 31.3 Å². The number of rotatable bonds is 4. The number of hydrogen-bond acceptors (Lipinski definition) is 4. The van der Waals surface area contributed by atoms with Crippen LogP contribution in [0.4, 0.5) is 0 Å². The Balaban J connectivity index is 1.77. The minimum Gasteiger partial charge on any atom is -0.481 e. The molecule has 0 aliphatic heterocycles. The maximum absolute atomic E-state index is 10.9.